The summed E-state index contributed by atoms with van der Waals surface area (Å²) >= 11 is 0. The fraction of sp³-hybridized carbons (Fsp3) is 0.955. The number of nitrogens with one attached hydrogen (secondary N) is 1. The zero-order chi connectivity index (χ0) is 18.8. The number of aliphatic carboxylic acids is 1. The van der Waals surface area contributed by atoms with Gasteiger partial charge in [0, 0.05) is 0 Å². The normalized spacial score (nSPS) is 12.6. The first-order valence-electron chi connectivity index (χ1n) is 11.0. The van der Waals surface area contributed by atoms with Gasteiger partial charge in [-0.15, -0.1) is 0 Å². The average molecular weight is 356 g/mol. The Balaban J connectivity index is 3.26. The van der Waals surface area contributed by atoms with Gasteiger partial charge in [0.05, 0.1) is 0 Å². The van der Waals surface area contributed by atoms with Crippen LogP contribution in [0.1, 0.15) is 117 Å². The first kappa shape index (κ1) is 24.4. The number of unbranched alkanes of at least 4 members (excludes halogenated alkanes) is 13. The lowest BCUT2D eigenvalue weighted by molar-refractivity contribution is -0.139. The van der Waals surface area contributed by atoms with Crippen LogP contribution >= 0.6 is 0 Å². The highest BCUT2D eigenvalue weighted by Crippen LogP contribution is 2.13. The molecule has 3 heteroatoms. The summed E-state index contributed by atoms with van der Waals surface area (Å²) in [6.45, 7) is 7.26. The van der Waals surface area contributed by atoms with Crippen molar-refractivity contribution in [1.29, 1.82) is 0 Å². The molecule has 0 fully saturated rings. The van der Waals surface area contributed by atoms with Crippen LogP contribution in [0.15, 0.2) is 0 Å². The van der Waals surface area contributed by atoms with E-state index in [1.807, 2.05) is 0 Å². The molecule has 0 saturated carbocycles. The zero-order valence-electron chi connectivity index (χ0n) is 17.3. The van der Waals surface area contributed by atoms with Crippen molar-refractivity contribution in [2.45, 2.75) is 123 Å². The number of rotatable bonds is 19. The molecule has 0 aromatic carbocycles. The highest BCUT2D eigenvalue weighted by molar-refractivity contribution is 5.73. The maximum absolute atomic E-state index is 11.2. The van der Waals surface area contributed by atoms with Gasteiger partial charge in [0.15, 0.2) is 0 Å². The monoisotopic (exact) mass is 355 g/mol. The van der Waals surface area contributed by atoms with E-state index in [4.69, 9.17) is 0 Å². The summed E-state index contributed by atoms with van der Waals surface area (Å²) in [5, 5.41) is 12.4. The molecule has 0 aliphatic heterocycles. The topological polar surface area (TPSA) is 49.3 Å². The fourth-order valence-corrected chi connectivity index (χ4v) is 3.34. The molecule has 3 nitrogen and oxygen atoms in total. The van der Waals surface area contributed by atoms with E-state index in [0.29, 0.717) is 12.3 Å². The van der Waals surface area contributed by atoms with Gasteiger partial charge < -0.3 is 10.4 Å². The molecule has 0 saturated heterocycles. The van der Waals surface area contributed by atoms with Gasteiger partial charge in [0.2, 0.25) is 0 Å². The van der Waals surface area contributed by atoms with Gasteiger partial charge in [-0.3, -0.25) is 4.79 Å². The molecule has 0 rings (SSSR count). The third kappa shape index (κ3) is 18.0. The largest absolute Gasteiger partial charge is 0.480 e. The standard InChI is InChI=1S/C22H45NO2/c1-4-5-6-7-8-9-10-11-12-13-14-15-16-17-18-23-21(22(24)25)19-20(2)3/h20-21,23H,4-19H2,1-3H3,(H,24,25)/t21-/m1/s1. The van der Waals surface area contributed by atoms with Crippen molar-refractivity contribution in [3.05, 3.63) is 0 Å². The predicted octanol–water partition coefficient (Wildman–Crippen LogP) is 6.56. The van der Waals surface area contributed by atoms with Crippen molar-refractivity contribution in [2.75, 3.05) is 6.54 Å². The second-order valence-electron chi connectivity index (χ2n) is 8.07. The van der Waals surface area contributed by atoms with Crippen LogP contribution in [0.5, 0.6) is 0 Å². The molecule has 150 valence electrons. The Labute approximate surface area is 157 Å². The van der Waals surface area contributed by atoms with Crippen LogP contribution in [0, 0.1) is 5.92 Å². The summed E-state index contributed by atoms with van der Waals surface area (Å²) in [6.07, 6.45) is 19.7. The van der Waals surface area contributed by atoms with Crippen molar-refractivity contribution in [3.63, 3.8) is 0 Å². The Kier molecular flexibility index (Phi) is 17.8. The van der Waals surface area contributed by atoms with Crippen molar-refractivity contribution in [2.24, 2.45) is 5.92 Å². The van der Waals surface area contributed by atoms with Crippen molar-refractivity contribution >= 4 is 5.97 Å². The Morgan fingerprint density at radius 2 is 1.16 bits per heavy atom. The minimum atomic E-state index is -0.709. The SMILES string of the molecule is CCCCCCCCCCCCCCCCN[C@H](CC(C)C)C(=O)O. The highest BCUT2D eigenvalue weighted by atomic mass is 16.4. The third-order valence-electron chi connectivity index (χ3n) is 4.93. The molecule has 0 amide bonds. The van der Waals surface area contributed by atoms with Crippen LogP contribution in [-0.4, -0.2) is 23.7 Å². The van der Waals surface area contributed by atoms with Gasteiger partial charge in [-0.1, -0.05) is 104 Å². The third-order valence-corrected chi connectivity index (χ3v) is 4.93. The summed E-state index contributed by atoms with van der Waals surface area (Å²) in [5.41, 5.74) is 0. The van der Waals surface area contributed by atoms with Crippen molar-refractivity contribution < 1.29 is 9.90 Å². The molecule has 0 aromatic rings. The van der Waals surface area contributed by atoms with Crippen LogP contribution in [0.25, 0.3) is 0 Å². The van der Waals surface area contributed by atoms with Crippen molar-refractivity contribution in [1.82, 2.24) is 5.32 Å². The van der Waals surface area contributed by atoms with Gasteiger partial charge >= 0.3 is 5.97 Å². The molecule has 1 atom stereocenters. The number of carboxylic acid groups (broad SMARTS) is 1. The average Bonchev–Trinajstić information content (AvgIpc) is 2.56. The minimum absolute atomic E-state index is 0.373. The first-order valence-corrected chi connectivity index (χ1v) is 11.0. The Morgan fingerprint density at radius 3 is 1.52 bits per heavy atom. The van der Waals surface area contributed by atoms with E-state index in [2.05, 4.69) is 26.1 Å². The lowest BCUT2D eigenvalue weighted by atomic mass is 10.0. The molecule has 2 N–H and O–H groups in total. The predicted molar refractivity (Wildman–Crippen MR) is 109 cm³/mol. The van der Waals surface area contributed by atoms with E-state index >= 15 is 0 Å². The summed E-state index contributed by atoms with van der Waals surface area (Å²) in [4.78, 5) is 11.2. The van der Waals surface area contributed by atoms with E-state index in [-0.39, 0.29) is 6.04 Å². The molecule has 0 heterocycles. The second-order valence-corrected chi connectivity index (χ2v) is 8.07. The molecular formula is C22H45NO2. The Bertz CT molecular complexity index is 292. The Morgan fingerprint density at radius 1 is 0.760 bits per heavy atom. The quantitative estimate of drug-likeness (QED) is 0.258. The van der Waals surface area contributed by atoms with Crippen LogP contribution in [-0.2, 0) is 4.79 Å². The van der Waals surface area contributed by atoms with Gasteiger partial charge in [-0.2, -0.15) is 0 Å². The van der Waals surface area contributed by atoms with E-state index in [1.54, 1.807) is 0 Å². The number of carbonyl (C=O) groups is 1. The van der Waals surface area contributed by atoms with Gasteiger partial charge in [0.25, 0.3) is 0 Å². The number of hydrogen-bond acceptors (Lipinski definition) is 2. The summed E-state index contributed by atoms with van der Waals surface area (Å²) in [7, 11) is 0. The number of carboxylic acids is 1. The smallest absolute Gasteiger partial charge is 0.320 e. The van der Waals surface area contributed by atoms with Gasteiger partial charge in [0.1, 0.15) is 6.04 Å². The molecule has 0 spiro atoms. The van der Waals surface area contributed by atoms with E-state index in [0.717, 1.165) is 13.0 Å². The Hall–Kier alpha value is -0.570. The molecule has 0 aliphatic rings. The second kappa shape index (κ2) is 18.2. The summed E-state index contributed by atoms with van der Waals surface area (Å²) in [5.74, 6) is -0.288. The van der Waals surface area contributed by atoms with Crippen molar-refractivity contribution in [3.8, 4) is 0 Å². The molecule has 0 bridgehead atoms. The molecule has 0 aliphatic carbocycles. The maximum atomic E-state index is 11.2. The van der Waals surface area contributed by atoms with Crippen LogP contribution in [0.4, 0.5) is 0 Å². The van der Waals surface area contributed by atoms with E-state index in [9.17, 15) is 9.90 Å². The van der Waals surface area contributed by atoms with Gasteiger partial charge in [-0.25, -0.2) is 0 Å². The first-order chi connectivity index (χ1) is 12.1. The van der Waals surface area contributed by atoms with Gasteiger partial charge in [-0.05, 0) is 25.3 Å². The lowest BCUT2D eigenvalue weighted by Crippen LogP contribution is -2.38. The zero-order valence-corrected chi connectivity index (χ0v) is 17.3. The van der Waals surface area contributed by atoms with Crippen LogP contribution < -0.4 is 5.32 Å². The molecule has 0 radical (unpaired) electrons. The number of hydrogen-bond donors (Lipinski definition) is 2. The lowest BCUT2D eigenvalue weighted by Gasteiger charge is -2.16. The molecular weight excluding hydrogens is 310 g/mol. The fourth-order valence-electron chi connectivity index (χ4n) is 3.34. The molecule has 0 aromatic heterocycles. The van der Waals surface area contributed by atoms with Crippen LogP contribution in [0.2, 0.25) is 0 Å². The maximum Gasteiger partial charge on any atom is 0.320 e. The molecule has 25 heavy (non-hydrogen) atoms. The minimum Gasteiger partial charge on any atom is -0.480 e. The summed E-state index contributed by atoms with van der Waals surface area (Å²) < 4.78 is 0. The molecule has 0 unspecified atom stereocenters. The van der Waals surface area contributed by atoms with E-state index < -0.39 is 5.97 Å². The van der Waals surface area contributed by atoms with Crippen LogP contribution in [0.3, 0.4) is 0 Å². The summed E-state index contributed by atoms with van der Waals surface area (Å²) in [6, 6.07) is -0.373. The van der Waals surface area contributed by atoms with E-state index in [1.165, 1.54) is 83.5 Å². The highest BCUT2D eigenvalue weighted by Gasteiger charge is 2.17.